The van der Waals surface area contributed by atoms with Gasteiger partial charge in [-0.3, -0.25) is 0 Å². The van der Waals surface area contributed by atoms with Gasteiger partial charge < -0.3 is 0 Å². The van der Waals surface area contributed by atoms with E-state index in [0.717, 1.165) is 0 Å². The fourth-order valence-corrected chi connectivity index (χ4v) is 6.25. The van der Waals surface area contributed by atoms with Crippen molar-refractivity contribution in [3.8, 4) is 0 Å². The van der Waals surface area contributed by atoms with E-state index in [1.807, 2.05) is 0 Å². The molecule has 2 nitrogen and oxygen atoms in total. The van der Waals surface area contributed by atoms with E-state index in [2.05, 4.69) is 49.6 Å². The number of aromatic amines is 1. The molecule has 0 bridgehead atoms. The molecule has 2 heteroatoms. The minimum Gasteiger partial charge on any atom is -0.247 e. The molecule has 0 aliphatic rings. The Kier molecular flexibility index (Phi) is 24.5. The average Bonchev–Trinajstić information content (AvgIpc) is 3.41. The molecule has 1 aromatic heterocycles. The standard InChI is InChI=1S/C36H70N2/c1-5-8-11-13-15-17-18-19-20-21-23-25-28-31-35(30-27-24-22-16-14-12-9-6-2)36-37-32-33-38(36)34(4)29-26-10-7-3/h32-35H,5-31H2,1-4H3/p+1. The van der Waals surface area contributed by atoms with Crippen LogP contribution in [0.1, 0.15) is 219 Å². The van der Waals surface area contributed by atoms with Crippen LogP contribution in [0.3, 0.4) is 0 Å². The molecule has 0 saturated carbocycles. The molecular formula is C36H71N2+. The van der Waals surface area contributed by atoms with Crippen LogP contribution >= 0.6 is 0 Å². The molecule has 2 atom stereocenters. The maximum Gasteiger partial charge on any atom is 0.257 e. The van der Waals surface area contributed by atoms with Crippen LogP contribution in [0.25, 0.3) is 0 Å². The molecule has 38 heavy (non-hydrogen) atoms. The number of unbranched alkanes of at least 4 members (excludes halogenated alkanes) is 21. The van der Waals surface area contributed by atoms with E-state index in [0.29, 0.717) is 12.0 Å². The quantitative estimate of drug-likeness (QED) is 0.0783. The van der Waals surface area contributed by atoms with Crippen molar-refractivity contribution in [3.05, 3.63) is 18.2 Å². The van der Waals surface area contributed by atoms with Crippen molar-refractivity contribution < 1.29 is 4.57 Å². The molecule has 224 valence electrons. The highest BCUT2D eigenvalue weighted by Crippen LogP contribution is 2.27. The highest BCUT2D eigenvalue weighted by Gasteiger charge is 2.25. The molecular weight excluding hydrogens is 460 g/mol. The van der Waals surface area contributed by atoms with Gasteiger partial charge in [-0.1, -0.05) is 168 Å². The first-order valence-corrected chi connectivity index (χ1v) is 17.8. The maximum absolute atomic E-state index is 3.71. The SMILES string of the molecule is CCCCCCCCCCCCCCCC(CCCCCCCCCC)c1[nH]cc[n+]1C(C)CCCCC. The zero-order valence-corrected chi connectivity index (χ0v) is 26.8. The van der Waals surface area contributed by atoms with Gasteiger partial charge in [-0.2, -0.15) is 0 Å². The van der Waals surface area contributed by atoms with Crippen molar-refractivity contribution in [1.82, 2.24) is 4.98 Å². The van der Waals surface area contributed by atoms with Crippen molar-refractivity contribution in [3.63, 3.8) is 0 Å². The van der Waals surface area contributed by atoms with E-state index in [1.165, 1.54) is 179 Å². The van der Waals surface area contributed by atoms with E-state index in [9.17, 15) is 0 Å². The summed E-state index contributed by atoms with van der Waals surface area (Å²) in [5, 5.41) is 0. The van der Waals surface area contributed by atoms with Crippen LogP contribution in [-0.2, 0) is 0 Å². The van der Waals surface area contributed by atoms with Crippen LogP contribution in [0.2, 0.25) is 0 Å². The van der Waals surface area contributed by atoms with Gasteiger partial charge in [0, 0.05) is 0 Å². The smallest absolute Gasteiger partial charge is 0.247 e. The predicted octanol–water partition coefficient (Wildman–Crippen LogP) is 12.5. The molecule has 0 fully saturated rings. The largest absolute Gasteiger partial charge is 0.257 e. The molecule has 0 saturated heterocycles. The van der Waals surface area contributed by atoms with Crippen LogP contribution in [0.5, 0.6) is 0 Å². The van der Waals surface area contributed by atoms with Gasteiger partial charge in [0.25, 0.3) is 5.82 Å². The van der Waals surface area contributed by atoms with Gasteiger partial charge in [-0.15, -0.1) is 0 Å². The van der Waals surface area contributed by atoms with Gasteiger partial charge in [0.15, 0.2) is 0 Å². The summed E-state index contributed by atoms with van der Waals surface area (Å²) < 4.78 is 2.60. The Morgan fingerprint density at radius 1 is 0.500 bits per heavy atom. The lowest BCUT2D eigenvalue weighted by atomic mass is 9.92. The highest BCUT2D eigenvalue weighted by atomic mass is 15.1. The number of nitrogens with zero attached hydrogens (tertiary/aromatic N) is 1. The molecule has 1 N–H and O–H groups in total. The van der Waals surface area contributed by atoms with Gasteiger partial charge in [0.2, 0.25) is 0 Å². The minimum atomic E-state index is 0.621. The molecule has 0 aliphatic carbocycles. The zero-order valence-electron chi connectivity index (χ0n) is 26.8. The van der Waals surface area contributed by atoms with Gasteiger partial charge in [0.05, 0.1) is 12.0 Å². The van der Waals surface area contributed by atoms with Crippen molar-refractivity contribution >= 4 is 0 Å². The van der Waals surface area contributed by atoms with E-state index in [4.69, 9.17) is 0 Å². The van der Waals surface area contributed by atoms with Gasteiger partial charge in [-0.05, 0) is 32.6 Å². The third-order valence-corrected chi connectivity index (χ3v) is 8.89. The number of H-pyrrole nitrogens is 1. The van der Waals surface area contributed by atoms with Crippen molar-refractivity contribution in [2.24, 2.45) is 0 Å². The second-order valence-electron chi connectivity index (χ2n) is 12.6. The van der Waals surface area contributed by atoms with E-state index in [1.54, 1.807) is 0 Å². The van der Waals surface area contributed by atoms with Gasteiger partial charge >= 0.3 is 0 Å². The highest BCUT2D eigenvalue weighted by molar-refractivity contribution is 4.90. The Morgan fingerprint density at radius 3 is 1.26 bits per heavy atom. The number of hydrogen-bond donors (Lipinski definition) is 1. The Morgan fingerprint density at radius 2 is 0.842 bits per heavy atom. The van der Waals surface area contributed by atoms with Crippen LogP contribution < -0.4 is 4.57 Å². The lowest BCUT2D eigenvalue weighted by Gasteiger charge is -2.17. The molecule has 0 amide bonds. The van der Waals surface area contributed by atoms with Gasteiger partial charge in [-0.25, -0.2) is 9.55 Å². The maximum atomic E-state index is 3.71. The lowest BCUT2D eigenvalue weighted by Crippen LogP contribution is -2.41. The molecule has 0 radical (unpaired) electrons. The summed E-state index contributed by atoms with van der Waals surface area (Å²) in [5.74, 6) is 2.24. The summed E-state index contributed by atoms with van der Waals surface area (Å²) in [7, 11) is 0. The van der Waals surface area contributed by atoms with E-state index >= 15 is 0 Å². The van der Waals surface area contributed by atoms with Crippen molar-refractivity contribution in [2.45, 2.75) is 213 Å². The number of nitrogens with one attached hydrogen (secondary N) is 1. The first-order valence-electron chi connectivity index (χ1n) is 17.8. The second kappa shape index (κ2) is 26.4. The summed E-state index contributed by atoms with van der Waals surface area (Å²) in [5.41, 5.74) is 0. The van der Waals surface area contributed by atoms with E-state index in [-0.39, 0.29) is 0 Å². The summed E-state index contributed by atoms with van der Waals surface area (Å²) >= 11 is 0. The fourth-order valence-electron chi connectivity index (χ4n) is 6.25. The molecule has 1 aromatic rings. The molecule has 0 aromatic carbocycles. The first-order chi connectivity index (χ1) is 18.7. The average molecular weight is 532 g/mol. The van der Waals surface area contributed by atoms with Gasteiger partial charge in [0.1, 0.15) is 12.4 Å². The number of imidazole rings is 1. The van der Waals surface area contributed by atoms with E-state index < -0.39 is 0 Å². The van der Waals surface area contributed by atoms with Crippen LogP contribution in [0.15, 0.2) is 12.4 Å². The third-order valence-electron chi connectivity index (χ3n) is 8.89. The lowest BCUT2D eigenvalue weighted by molar-refractivity contribution is -0.727. The Hall–Kier alpha value is -0.790. The molecule has 0 spiro atoms. The summed E-state index contributed by atoms with van der Waals surface area (Å²) in [4.78, 5) is 3.71. The Bertz CT molecular complexity index is 592. The number of hydrogen-bond acceptors (Lipinski definition) is 0. The van der Waals surface area contributed by atoms with Crippen molar-refractivity contribution in [1.29, 1.82) is 0 Å². The Labute approximate surface area is 240 Å². The zero-order chi connectivity index (χ0) is 27.5. The summed E-state index contributed by atoms with van der Waals surface area (Å²) in [6.07, 6.45) is 42.8. The van der Waals surface area contributed by atoms with Crippen LogP contribution in [0, 0.1) is 0 Å². The fraction of sp³-hybridized carbons (Fsp3) is 0.917. The molecule has 1 rings (SSSR count). The topological polar surface area (TPSA) is 19.7 Å². The minimum absolute atomic E-state index is 0.621. The van der Waals surface area contributed by atoms with Crippen LogP contribution in [-0.4, -0.2) is 4.98 Å². The second-order valence-corrected chi connectivity index (χ2v) is 12.6. The molecule has 2 unspecified atom stereocenters. The van der Waals surface area contributed by atoms with Crippen LogP contribution in [0.4, 0.5) is 0 Å². The Balaban J connectivity index is 2.36. The molecule has 1 heterocycles. The molecule has 0 aliphatic heterocycles. The summed E-state index contributed by atoms with van der Waals surface area (Å²) in [6, 6.07) is 0.621. The first kappa shape index (κ1) is 35.2. The van der Waals surface area contributed by atoms with Crippen molar-refractivity contribution in [2.75, 3.05) is 0 Å². The monoisotopic (exact) mass is 532 g/mol. The predicted molar refractivity (Wildman–Crippen MR) is 170 cm³/mol. The third kappa shape index (κ3) is 18.5. The number of rotatable bonds is 29. The normalized spacial score (nSPS) is 13.3. The number of aromatic nitrogens is 2. The summed E-state index contributed by atoms with van der Waals surface area (Å²) in [6.45, 7) is 9.37.